The summed E-state index contributed by atoms with van der Waals surface area (Å²) in [5.74, 6) is -0.0471. The summed E-state index contributed by atoms with van der Waals surface area (Å²) in [7, 11) is 0. The van der Waals surface area contributed by atoms with Crippen LogP contribution < -0.4 is 0 Å². The summed E-state index contributed by atoms with van der Waals surface area (Å²) in [6.45, 7) is 4.89. The van der Waals surface area contributed by atoms with Crippen molar-refractivity contribution in [3.63, 3.8) is 0 Å². The number of carbonyl (C=O) groups excluding carboxylic acids is 1. The van der Waals surface area contributed by atoms with Crippen molar-refractivity contribution in [2.24, 2.45) is 0 Å². The molecular weight excluding hydrogens is 268 g/mol. The van der Waals surface area contributed by atoms with Gasteiger partial charge in [0.25, 0.3) is 5.91 Å². The molecule has 6 heteroatoms. The van der Waals surface area contributed by atoms with E-state index in [1.165, 1.54) is 0 Å². The summed E-state index contributed by atoms with van der Waals surface area (Å²) in [6.07, 6.45) is 6.05. The summed E-state index contributed by atoms with van der Waals surface area (Å²) in [5, 5.41) is 9.98. The monoisotopic (exact) mass is 290 g/mol. The molecule has 1 aromatic rings. The molecule has 0 radical (unpaired) electrons. The Hall–Kier alpha value is -1.53. The highest BCUT2D eigenvalue weighted by atomic mass is 16.3. The Bertz CT molecular complexity index is 497. The number of aryl methyl sites for hydroxylation is 1. The van der Waals surface area contributed by atoms with Gasteiger partial charge in [0, 0.05) is 38.4 Å². The zero-order valence-electron chi connectivity index (χ0n) is 12.4. The number of rotatable bonds is 2. The van der Waals surface area contributed by atoms with E-state index < -0.39 is 0 Å². The maximum atomic E-state index is 12.4. The van der Waals surface area contributed by atoms with Crippen LogP contribution in [0.15, 0.2) is 12.4 Å². The lowest BCUT2D eigenvalue weighted by Gasteiger charge is -2.38. The van der Waals surface area contributed by atoms with E-state index in [1.54, 1.807) is 12.4 Å². The minimum Gasteiger partial charge on any atom is -0.391 e. The van der Waals surface area contributed by atoms with Gasteiger partial charge in [0.1, 0.15) is 5.69 Å². The average molecular weight is 290 g/mol. The molecule has 1 saturated carbocycles. The molecule has 6 nitrogen and oxygen atoms in total. The Morgan fingerprint density at radius 1 is 1.19 bits per heavy atom. The lowest BCUT2D eigenvalue weighted by molar-refractivity contribution is 0.0313. The van der Waals surface area contributed by atoms with Gasteiger partial charge < -0.3 is 10.0 Å². The molecular formula is C15H22N4O2. The first-order chi connectivity index (χ1) is 10.1. The predicted octanol–water partition coefficient (Wildman–Crippen LogP) is 0.456. The maximum Gasteiger partial charge on any atom is 0.274 e. The fourth-order valence-corrected chi connectivity index (χ4v) is 3.27. The number of hydrogen-bond acceptors (Lipinski definition) is 5. The number of aliphatic hydroxyl groups excluding tert-OH is 1. The molecule has 0 spiro atoms. The van der Waals surface area contributed by atoms with Gasteiger partial charge in [-0.1, -0.05) is 0 Å². The number of nitrogens with zero attached hydrogens (tertiary/aromatic N) is 4. The molecule has 1 aliphatic carbocycles. The van der Waals surface area contributed by atoms with Crippen LogP contribution in [0.1, 0.15) is 35.4 Å². The van der Waals surface area contributed by atoms with Crippen molar-refractivity contribution in [1.82, 2.24) is 19.8 Å². The predicted molar refractivity (Wildman–Crippen MR) is 77.9 cm³/mol. The number of aromatic nitrogens is 2. The van der Waals surface area contributed by atoms with Gasteiger partial charge in [-0.05, 0) is 26.2 Å². The molecule has 3 rings (SSSR count). The summed E-state index contributed by atoms with van der Waals surface area (Å²) >= 11 is 0. The molecule has 0 aromatic carbocycles. The molecule has 0 bridgehead atoms. The van der Waals surface area contributed by atoms with Gasteiger partial charge in [-0.2, -0.15) is 0 Å². The lowest BCUT2D eigenvalue weighted by Crippen LogP contribution is -2.53. The molecule has 0 unspecified atom stereocenters. The van der Waals surface area contributed by atoms with Crippen LogP contribution in [0.4, 0.5) is 0 Å². The maximum absolute atomic E-state index is 12.4. The van der Waals surface area contributed by atoms with Crippen LogP contribution in [-0.4, -0.2) is 69.1 Å². The summed E-state index contributed by atoms with van der Waals surface area (Å²) < 4.78 is 0. The van der Waals surface area contributed by atoms with E-state index in [9.17, 15) is 9.90 Å². The van der Waals surface area contributed by atoms with E-state index in [-0.39, 0.29) is 18.1 Å². The molecule has 2 aliphatic rings. The third-order valence-electron chi connectivity index (χ3n) is 4.51. The van der Waals surface area contributed by atoms with Crippen LogP contribution >= 0.6 is 0 Å². The Morgan fingerprint density at radius 2 is 1.95 bits per heavy atom. The summed E-state index contributed by atoms with van der Waals surface area (Å²) in [6, 6.07) is 0.279. The normalized spacial score (nSPS) is 27.0. The highest BCUT2D eigenvalue weighted by Crippen LogP contribution is 2.25. The first kappa shape index (κ1) is 14.4. The van der Waals surface area contributed by atoms with E-state index in [2.05, 4.69) is 14.9 Å². The summed E-state index contributed by atoms with van der Waals surface area (Å²) in [4.78, 5) is 24.8. The molecule has 21 heavy (non-hydrogen) atoms. The minimum atomic E-state index is -0.199. The minimum absolute atomic E-state index is 0.0471. The van der Waals surface area contributed by atoms with Crippen LogP contribution in [0.3, 0.4) is 0 Å². The van der Waals surface area contributed by atoms with Crippen molar-refractivity contribution in [2.75, 3.05) is 26.2 Å². The van der Waals surface area contributed by atoms with E-state index in [4.69, 9.17) is 0 Å². The number of hydrogen-bond donors (Lipinski definition) is 1. The smallest absolute Gasteiger partial charge is 0.274 e. The quantitative estimate of drug-likeness (QED) is 0.857. The van der Waals surface area contributed by atoms with Crippen LogP contribution in [0.25, 0.3) is 0 Å². The SMILES string of the molecule is Cc1cnc(C(=O)N2CCN([C@H]3CCC[C@@H]3O)CC2)cn1. The van der Waals surface area contributed by atoms with Crippen molar-refractivity contribution in [3.8, 4) is 0 Å². The van der Waals surface area contributed by atoms with Crippen molar-refractivity contribution in [2.45, 2.75) is 38.3 Å². The molecule has 2 fully saturated rings. The van der Waals surface area contributed by atoms with E-state index in [0.29, 0.717) is 18.8 Å². The standard InChI is InChI=1S/C15H22N4O2/c1-11-9-17-12(10-16-11)15(21)19-7-5-18(6-8-19)13-3-2-4-14(13)20/h9-10,13-14,20H,2-8H2,1H3/t13-,14-/m0/s1. The second-order valence-electron chi connectivity index (χ2n) is 5.94. The Balaban J connectivity index is 1.58. The second kappa shape index (κ2) is 6.07. The number of aliphatic hydroxyl groups is 1. The van der Waals surface area contributed by atoms with Gasteiger partial charge in [-0.25, -0.2) is 4.98 Å². The largest absolute Gasteiger partial charge is 0.391 e. The number of piperazine rings is 1. The highest BCUT2D eigenvalue weighted by Gasteiger charge is 2.33. The van der Waals surface area contributed by atoms with Crippen LogP contribution in [0.5, 0.6) is 0 Å². The zero-order chi connectivity index (χ0) is 14.8. The van der Waals surface area contributed by atoms with Gasteiger partial charge in [0.05, 0.1) is 18.0 Å². The van der Waals surface area contributed by atoms with E-state index in [0.717, 1.165) is 38.0 Å². The van der Waals surface area contributed by atoms with Crippen molar-refractivity contribution in [3.05, 3.63) is 23.8 Å². The van der Waals surface area contributed by atoms with Gasteiger partial charge in [-0.3, -0.25) is 14.7 Å². The average Bonchev–Trinajstić information content (AvgIpc) is 2.94. The fourth-order valence-electron chi connectivity index (χ4n) is 3.27. The molecule has 1 saturated heterocycles. The third kappa shape index (κ3) is 3.06. The van der Waals surface area contributed by atoms with Crippen LogP contribution in [0.2, 0.25) is 0 Å². The van der Waals surface area contributed by atoms with Crippen molar-refractivity contribution < 1.29 is 9.90 Å². The van der Waals surface area contributed by atoms with Gasteiger partial charge >= 0.3 is 0 Å². The lowest BCUT2D eigenvalue weighted by atomic mass is 10.1. The van der Waals surface area contributed by atoms with Crippen molar-refractivity contribution >= 4 is 5.91 Å². The Kier molecular flexibility index (Phi) is 4.17. The molecule has 1 aliphatic heterocycles. The Morgan fingerprint density at radius 3 is 2.52 bits per heavy atom. The first-order valence-electron chi connectivity index (χ1n) is 7.65. The molecule has 2 heterocycles. The fraction of sp³-hybridized carbons (Fsp3) is 0.667. The van der Waals surface area contributed by atoms with Gasteiger partial charge in [0.15, 0.2) is 0 Å². The highest BCUT2D eigenvalue weighted by molar-refractivity contribution is 5.92. The molecule has 1 aromatic heterocycles. The number of amides is 1. The van der Waals surface area contributed by atoms with E-state index >= 15 is 0 Å². The topological polar surface area (TPSA) is 69.6 Å². The second-order valence-corrected chi connectivity index (χ2v) is 5.94. The molecule has 114 valence electrons. The van der Waals surface area contributed by atoms with E-state index in [1.807, 2.05) is 11.8 Å². The molecule has 1 N–H and O–H groups in total. The first-order valence-corrected chi connectivity index (χ1v) is 7.65. The van der Waals surface area contributed by atoms with Crippen LogP contribution in [-0.2, 0) is 0 Å². The van der Waals surface area contributed by atoms with Crippen LogP contribution in [0, 0.1) is 6.92 Å². The molecule has 2 atom stereocenters. The van der Waals surface area contributed by atoms with Gasteiger partial charge in [-0.15, -0.1) is 0 Å². The van der Waals surface area contributed by atoms with Gasteiger partial charge in [0.2, 0.25) is 0 Å². The summed E-state index contributed by atoms with van der Waals surface area (Å²) in [5.41, 5.74) is 1.22. The molecule has 1 amide bonds. The Labute approximate surface area is 124 Å². The van der Waals surface area contributed by atoms with Crippen molar-refractivity contribution in [1.29, 1.82) is 0 Å². The number of carbonyl (C=O) groups is 1. The zero-order valence-corrected chi connectivity index (χ0v) is 12.4. The third-order valence-corrected chi connectivity index (χ3v) is 4.51.